The van der Waals surface area contributed by atoms with Gasteiger partial charge in [0.25, 0.3) is 0 Å². The lowest BCUT2D eigenvalue weighted by Gasteiger charge is -2.31. The SMILES string of the molecule is COc1ccc(-c2cn3nc(N4CCC[C@H](C(=O)NCc5ccc(Cl)cc5)C4)sc3n2)cc1. The molecule has 1 aliphatic rings. The van der Waals surface area contributed by atoms with Gasteiger partial charge < -0.3 is 15.0 Å². The molecule has 2 aromatic heterocycles. The van der Waals surface area contributed by atoms with Gasteiger partial charge in [-0.2, -0.15) is 0 Å². The molecule has 1 aliphatic heterocycles. The van der Waals surface area contributed by atoms with Crippen LogP contribution < -0.4 is 15.0 Å². The fraction of sp³-hybridized carbons (Fsp3) is 0.292. The summed E-state index contributed by atoms with van der Waals surface area (Å²) in [5.74, 6) is 0.840. The van der Waals surface area contributed by atoms with Crippen molar-refractivity contribution in [2.24, 2.45) is 5.92 Å². The zero-order chi connectivity index (χ0) is 22.8. The number of amides is 1. The fourth-order valence-corrected chi connectivity index (χ4v) is 5.06. The first kappa shape index (κ1) is 21.7. The molecule has 1 saturated heterocycles. The second kappa shape index (κ2) is 9.41. The molecule has 0 aliphatic carbocycles. The van der Waals surface area contributed by atoms with Crippen LogP contribution in [0.25, 0.3) is 16.2 Å². The number of aromatic nitrogens is 3. The lowest BCUT2D eigenvalue weighted by atomic mass is 9.97. The second-order valence-corrected chi connectivity index (χ2v) is 9.47. The van der Waals surface area contributed by atoms with E-state index in [0.29, 0.717) is 18.1 Å². The van der Waals surface area contributed by atoms with E-state index >= 15 is 0 Å². The fourth-order valence-electron chi connectivity index (χ4n) is 4.02. The molecular formula is C24H24ClN5O2S. The standard InChI is InChI=1S/C24H24ClN5O2S/c1-32-20-10-6-17(7-11-20)21-15-30-23(27-21)33-24(28-30)29-12-2-3-18(14-29)22(31)26-13-16-4-8-19(25)9-5-16/h4-11,15,18H,2-3,12-14H2,1H3,(H,26,31)/t18-/m0/s1. The normalized spacial score (nSPS) is 16.2. The number of imidazole rings is 1. The molecule has 170 valence electrons. The van der Waals surface area contributed by atoms with Crippen LogP contribution in [0.3, 0.4) is 0 Å². The minimum Gasteiger partial charge on any atom is -0.497 e. The van der Waals surface area contributed by atoms with E-state index in [1.165, 1.54) is 0 Å². The zero-order valence-electron chi connectivity index (χ0n) is 18.2. The van der Waals surface area contributed by atoms with Gasteiger partial charge in [0.15, 0.2) is 0 Å². The quantitative estimate of drug-likeness (QED) is 0.434. The summed E-state index contributed by atoms with van der Waals surface area (Å²) in [5.41, 5.74) is 2.93. The first-order valence-electron chi connectivity index (χ1n) is 10.9. The largest absolute Gasteiger partial charge is 0.497 e. The number of nitrogens with one attached hydrogen (secondary N) is 1. The van der Waals surface area contributed by atoms with Crippen LogP contribution in [0, 0.1) is 5.92 Å². The molecule has 1 fully saturated rings. The van der Waals surface area contributed by atoms with Crippen molar-refractivity contribution in [2.45, 2.75) is 19.4 Å². The summed E-state index contributed by atoms with van der Waals surface area (Å²) in [5, 5.41) is 9.40. The van der Waals surface area contributed by atoms with Crippen LogP contribution in [0.4, 0.5) is 5.13 Å². The Hall–Kier alpha value is -3.10. The molecule has 0 bridgehead atoms. The van der Waals surface area contributed by atoms with Crippen molar-refractivity contribution in [1.29, 1.82) is 0 Å². The molecular weight excluding hydrogens is 458 g/mol. The molecule has 0 unspecified atom stereocenters. The predicted molar refractivity (Wildman–Crippen MR) is 131 cm³/mol. The lowest BCUT2D eigenvalue weighted by molar-refractivity contribution is -0.125. The molecule has 1 atom stereocenters. The molecule has 33 heavy (non-hydrogen) atoms. The third-order valence-electron chi connectivity index (χ3n) is 5.86. The summed E-state index contributed by atoms with van der Waals surface area (Å²) >= 11 is 7.48. The number of piperidine rings is 1. The Morgan fingerprint density at radius 2 is 2.00 bits per heavy atom. The van der Waals surface area contributed by atoms with Gasteiger partial charge in [-0.15, -0.1) is 5.10 Å². The number of nitrogens with zero attached hydrogens (tertiary/aromatic N) is 4. The summed E-state index contributed by atoms with van der Waals surface area (Å²) in [6.45, 7) is 2.06. The third kappa shape index (κ3) is 4.82. The first-order valence-corrected chi connectivity index (χ1v) is 12.1. The van der Waals surface area contributed by atoms with Gasteiger partial charge in [0.2, 0.25) is 16.0 Å². The monoisotopic (exact) mass is 481 g/mol. The lowest BCUT2D eigenvalue weighted by Crippen LogP contribution is -2.43. The van der Waals surface area contributed by atoms with E-state index in [1.54, 1.807) is 18.4 Å². The van der Waals surface area contributed by atoms with Gasteiger partial charge in [-0.25, -0.2) is 9.50 Å². The van der Waals surface area contributed by atoms with Crippen LogP contribution in [0.15, 0.2) is 54.7 Å². The maximum Gasteiger partial charge on any atom is 0.225 e. The Bertz CT molecular complexity index is 1220. The molecule has 0 spiro atoms. The molecule has 1 N–H and O–H groups in total. The summed E-state index contributed by atoms with van der Waals surface area (Å²) < 4.78 is 7.05. The maximum atomic E-state index is 12.8. The summed E-state index contributed by atoms with van der Waals surface area (Å²) in [4.78, 5) is 20.6. The third-order valence-corrected chi connectivity index (χ3v) is 7.10. The van der Waals surface area contributed by atoms with Crippen molar-refractivity contribution in [3.05, 3.63) is 65.3 Å². The molecule has 4 aromatic rings. The average molecular weight is 482 g/mol. The molecule has 3 heterocycles. The van der Waals surface area contributed by atoms with Crippen molar-refractivity contribution in [3.63, 3.8) is 0 Å². The van der Waals surface area contributed by atoms with Gasteiger partial charge in [0.05, 0.1) is 24.9 Å². The van der Waals surface area contributed by atoms with Gasteiger partial charge in [-0.05, 0) is 54.8 Å². The van der Waals surface area contributed by atoms with Crippen molar-refractivity contribution in [3.8, 4) is 17.0 Å². The molecule has 5 rings (SSSR count). The molecule has 2 aromatic carbocycles. The predicted octanol–water partition coefficient (Wildman–Crippen LogP) is 4.65. The zero-order valence-corrected chi connectivity index (χ0v) is 19.8. The Balaban J connectivity index is 1.24. The topological polar surface area (TPSA) is 71.8 Å². The number of fused-ring (bicyclic) bond motifs is 1. The van der Waals surface area contributed by atoms with Gasteiger partial charge in [0, 0.05) is 30.2 Å². The Morgan fingerprint density at radius 1 is 1.21 bits per heavy atom. The highest BCUT2D eigenvalue weighted by atomic mass is 35.5. The number of halogens is 1. The van der Waals surface area contributed by atoms with Crippen molar-refractivity contribution in [1.82, 2.24) is 19.9 Å². The number of methoxy groups -OCH3 is 1. The van der Waals surface area contributed by atoms with E-state index < -0.39 is 0 Å². The smallest absolute Gasteiger partial charge is 0.225 e. The first-order chi connectivity index (χ1) is 16.1. The highest BCUT2D eigenvalue weighted by Crippen LogP contribution is 2.30. The number of hydrogen-bond donors (Lipinski definition) is 1. The van der Waals surface area contributed by atoms with Gasteiger partial charge in [-0.1, -0.05) is 35.1 Å². The maximum absolute atomic E-state index is 12.8. The van der Waals surface area contributed by atoms with Gasteiger partial charge in [-0.3, -0.25) is 4.79 Å². The number of benzene rings is 2. The van der Waals surface area contributed by atoms with Crippen molar-refractivity contribution in [2.75, 3.05) is 25.1 Å². The summed E-state index contributed by atoms with van der Waals surface area (Å²) in [6.07, 6.45) is 3.78. The number of carbonyl (C=O) groups is 1. The van der Waals surface area contributed by atoms with Crippen LogP contribution in [0.2, 0.25) is 5.02 Å². The number of rotatable bonds is 6. The average Bonchev–Trinajstić information content (AvgIpc) is 3.43. The van der Waals surface area contributed by atoms with Crippen molar-refractivity contribution >= 4 is 38.9 Å². The van der Waals surface area contributed by atoms with Gasteiger partial charge in [0.1, 0.15) is 5.75 Å². The Morgan fingerprint density at radius 3 is 2.73 bits per heavy atom. The Labute approximate surface area is 201 Å². The number of anilines is 1. The molecule has 0 radical (unpaired) electrons. The number of ether oxygens (including phenoxy) is 1. The van der Waals surface area contributed by atoms with E-state index in [4.69, 9.17) is 26.4 Å². The highest BCUT2D eigenvalue weighted by Gasteiger charge is 2.27. The van der Waals surface area contributed by atoms with Crippen molar-refractivity contribution < 1.29 is 9.53 Å². The number of carbonyl (C=O) groups excluding carboxylic acids is 1. The van der Waals surface area contributed by atoms with Crippen LogP contribution in [-0.4, -0.2) is 40.7 Å². The molecule has 0 saturated carbocycles. The minimum absolute atomic E-state index is 0.0582. The van der Waals surface area contributed by atoms with Gasteiger partial charge >= 0.3 is 0 Å². The second-order valence-electron chi connectivity index (χ2n) is 8.10. The summed E-state index contributed by atoms with van der Waals surface area (Å²) in [6, 6.07) is 15.4. The van der Waals surface area contributed by atoms with Crippen LogP contribution >= 0.6 is 22.9 Å². The van der Waals surface area contributed by atoms with E-state index in [1.807, 2.05) is 59.2 Å². The van der Waals surface area contributed by atoms with E-state index in [-0.39, 0.29) is 11.8 Å². The van der Waals surface area contributed by atoms with E-state index in [2.05, 4.69) is 10.2 Å². The molecule has 9 heteroatoms. The van der Waals surface area contributed by atoms with Crippen LogP contribution in [0.5, 0.6) is 5.75 Å². The molecule has 1 amide bonds. The Kier molecular flexibility index (Phi) is 6.20. The number of hydrogen-bond acceptors (Lipinski definition) is 6. The van der Waals surface area contributed by atoms with E-state index in [0.717, 1.165) is 52.0 Å². The van der Waals surface area contributed by atoms with E-state index in [9.17, 15) is 4.79 Å². The van der Waals surface area contributed by atoms with Crippen LogP contribution in [0.1, 0.15) is 18.4 Å². The molecule has 7 nitrogen and oxygen atoms in total. The van der Waals surface area contributed by atoms with Crippen LogP contribution in [-0.2, 0) is 11.3 Å². The summed E-state index contributed by atoms with van der Waals surface area (Å²) in [7, 11) is 1.65. The minimum atomic E-state index is -0.0582. The highest BCUT2D eigenvalue weighted by molar-refractivity contribution is 7.20.